The third-order valence-electron chi connectivity index (χ3n) is 3.66. The van der Waals surface area contributed by atoms with Gasteiger partial charge in [-0.2, -0.15) is 4.31 Å². The molecule has 1 aliphatic rings. The van der Waals surface area contributed by atoms with Crippen LogP contribution < -0.4 is 0 Å². The second-order valence-corrected chi connectivity index (χ2v) is 7.19. The molecule has 20 heavy (non-hydrogen) atoms. The van der Waals surface area contributed by atoms with Crippen molar-refractivity contribution < 1.29 is 13.2 Å². The number of benzene rings is 1. The van der Waals surface area contributed by atoms with E-state index in [0.29, 0.717) is 30.5 Å². The largest absolute Gasteiger partial charge is 0.375 e. The number of halogens is 1. The van der Waals surface area contributed by atoms with E-state index in [9.17, 15) is 8.42 Å². The number of alkyl halides is 1. The molecular weight excluding hydrogens is 298 g/mol. The second-order valence-electron chi connectivity index (χ2n) is 4.99. The fourth-order valence-electron chi connectivity index (χ4n) is 2.26. The number of hydrogen-bond acceptors (Lipinski definition) is 3. The van der Waals surface area contributed by atoms with Crippen molar-refractivity contribution in [3.8, 4) is 0 Å². The van der Waals surface area contributed by atoms with E-state index < -0.39 is 10.0 Å². The van der Waals surface area contributed by atoms with Gasteiger partial charge in [0.05, 0.1) is 17.6 Å². The first kappa shape index (κ1) is 15.8. The molecule has 4 nitrogen and oxygen atoms in total. The van der Waals surface area contributed by atoms with Crippen molar-refractivity contribution in [3.63, 3.8) is 0 Å². The van der Waals surface area contributed by atoms with Crippen LogP contribution in [0.2, 0.25) is 0 Å². The minimum atomic E-state index is -3.46. The molecule has 1 aromatic rings. The fraction of sp³-hybridized carbons (Fsp3) is 0.571. The van der Waals surface area contributed by atoms with Gasteiger partial charge in [0.2, 0.25) is 10.0 Å². The Labute approximate surface area is 125 Å². The molecular formula is C14H20ClNO3S. The lowest BCUT2D eigenvalue weighted by Crippen LogP contribution is -2.45. The van der Waals surface area contributed by atoms with Crippen LogP contribution in [-0.4, -0.2) is 38.5 Å². The van der Waals surface area contributed by atoms with Gasteiger partial charge in [0.25, 0.3) is 0 Å². The normalized spacial score (nSPS) is 21.1. The summed E-state index contributed by atoms with van der Waals surface area (Å²) in [6.45, 7) is 5.20. The van der Waals surface area contributed by atoms with Crippen LogP contribution in [0.3, 0.4) is 0 Å². The standard InChI is InChI=1S/C14H20ClNO3S/c1-3-13-10-16(6-7-19-13)20(17,18)14-5-4-11(2)12(8-14)9-15/h4-5,8,13H,3,6-7,9-10H2,1-2H3. The minimum absolute atomic E-state index is 0.0172. The molecule has 0 bridgehead atoms. The third-order valence-corrected chi connectivity index (χ3v) is 5.81. The maximum atomic E-state index is 12.7. The summed E-state index contributed by atoms with van der Waals surface area (Å²) in [4.78, 5) is 0.315. The first-order valence-electron chi connectivity index (χ1n) is 6.76. The number of rotatable bonds is 4. The van der Waals surface area contributed by atoms with Gasteiger partial charge in [0.1, 0.15) is 0 Å². The van der Waals surface area contributed by atoms with Gasteiger partial charge >= 0.3 is 0 Å². The van der Waals surface area contributed by atoms with E-state index >= 15 is 0 Å². The Morgan fingerprint density at radius 3 is 2.85 bits per heavy atom. The van der Waals surface area contributed by atoms with Gasteiger partial charge in [-0.3, -0.25) is 0 Å². The summed E-state index contributed by atoms with van der Waals surface area (Å²) in [6.07, 6.45) is 0.795. The summed E-state index contributed by atoms with van der Waals surface area (Å²) in [5.74, 6) is 0.315. The summed E-state index contributed by atoms with van der Waals surface area (Å²) < 4.78 is 32.3. The monoisotopic (exact) mass is 317 g/mol. The summed E-state index contributed by atoms with van der Waals surface area (Å²) in [5.41, 5.74) is 1.86. The van der Waals surface area contributed by atoms with Crippen molar-refractivity contribution in [2.45, 2.75) is 37.1 Å². The molecule has 1 atom stereocenters. The van der Waals surface area contributed by atoms with Crippen molar-refractivity contribution in [1.29, 1.82) is 0 Å². The topological polar surface area (TPSA) is 46.6 Å². The van der Waals surface area contributed by atoms with E-state index in [0.717, 1.165) is 17.5 Å². The zero-order valence-corrected chi connectivity index (χ0v) is 13.4. The van der Waals surface area contributed by atoms with Crippen LogP contribution in [0.4, 0.5) is 0 Å². The summed E-state index contributed by atoms with van der Waals surface area (Å²) in [7, 11) is -3.46. The van der Waals surface area contributed by atoms with E-state index in [1.54, 1.807) is 12.1 Å². The quantitative estimate of drug-likeness (QED) is 0.802. The van der Waals surface area contributed by atoms with Crippen LogP contribution in [0.5, 0.6) is 0 Å². The smallest absolute Gasteiger partial charge is 0.243 e. The Kier molecular flexibility index (Phi) is 5.07. The molecule has 0 radical (unpaired) electrons. The number of morpholine rings is 1. The van der Waals surface area contributed by atoms with E-state index in [1.807, 2.05) is 19.9 Å². The van der Waals surface area contributed by atoms with Crippen LogP contribution in [0.15, 0.2) is 23.1 Å². The van der Waals surface area contributed by atoms with Crippen molar-refractivity contribution in [2.75, 3.05) is 19.7 Å². The Morgan fingerprint density at radius 2 is 2.20 bits per heavy atom. The molecule has 0 spiro atoms. The lowest BCUT2D eigenvalue weighted by Gasteiger charge is -2.31. The zero-order valence-electron chi connectivity index (χ0n) is 11.8. The predicted molar refractivity (Wildman–Crippen MR) is 79.5 cm³/mol. The van der Waals surface area contributed by atoms with Crippen LogP contribution in [0.25, 0.3) is 0 Å². The number of aryl methyl sites for hydroxylation is 1. The Bertz CT molecular complexity index is 574. The third kappa shape index (κ3) is 3.17. The van der Waals surface area contributed by atoms with Gasteiger partial charge in [0, 0.05) is 19.0 Å². The van der Waals surface area contributed by atoms with Crippen molar-refractivity contribution in [3.05, 3.63) is 29.3 Å². The lowest BCUT2D eigenvalue weighted by molar-refractivity contribution is -0.00277. The Balaban J connectivity index is 2.30. The molecule has 1 fully saturated rings. The maximum absolute atomic E-state index is 12.7. The molecule has 0 amide bonds. The first-order valence-corrected chi connectivity index (χ1v) is 8.73. The highest BCUT2D eigenvalue weighted by atomic mass is 35.5. The fourth-order valence-corrected chi connectivity index (χ4v) is 4.05. The summed E-state index contributed by atoms with van der Waals surface area (Å²) >= 11 is 5.86. The average Bonchev–Trinajstić information content (AvgIpc) is 2.47. The Hall–Kier alpha value is -0.620. The maximum Gasteiger partial charge on any atom is 0.243 e. The molecule has 112 valence electrons. The molecule has 2 rings (SSSR count). The van der Waals surface area contributed by atoms with Crippen LogP contribution in [-0.2, 0) is 20.6 Å². The van der Waals surface area contributed by atoms with Crippen molar-refractivity contribution in [2.24, 2.45) is 0 Å². The molecule has 1 saturated heterocycles. The highest BCUT2D eigenvalue weighted by Crippen LogP contribution is 2.23. The second kappa shape index (κ2) is 6.43. The zero-order chi connectivity index (χ0) is 14.8. The molecule has 1 aliphatic heterocycles. The molecule has 1 heterocycles. The van der Waals surface area contributed by atoms with E-state index in [2.05, 4.69) is 0 Å². The molecule has 0 aliphatic carbocycles. The van der Waals surface area contributed by atoms with E-state index in [-0.39, 0.29) is 6.10 Å². The predicted octanol–water partition coefficient (Wildman–Crippen LogP) is 2.53. The van der Waals surface area contributed by atoms with Gasteiger partial charge < -0.3 is 4.74 Å². The highest BCUT2D eigenvalue weighted by Gasteiger charge is 2.30. The van der Waals surface area contributed by atoms with Crippen LogP contribution in [0.1, 0.15) is 24.5 Å². The van der Waals surface area contributed by atoms with E-state index in [4.69, 9.17) is 16.3 Å². The number of nitrogens with zero attached hydrogens (tertiary/aromatic N) is 1. The molecule has 0 N–H and O–H groups in total. The Morgan fingerprint density at radius 1 is 1.45 bits per heavy atom. The van der Waals surface area contributed by atoms with Gasteiger partial charge in [-0.15, -0.1) is 11.6 Å². The highest BCUT2D eigenvalue weighted by molar-refractivity contribution is 7.89. The molecule has 1 aromatic carbocycles. The summed E-state index contributed by atoms with van der Waals surface area (Å²) in [6, 6.07) is 5.13. The van der Waals surface area contributed by atoms with Crippen LogP contribution >= 0.6 is 11.6 Å². The molecule has 6 heteroatoms. The van der Waals surface area contributed by atoms with Gasteiger partial charge in [0.15, 0.2) is 0 Å². The van der Waals surface area contributed by atoms with E-state index in [1.165, 1.54) is 4.31 Å². The van der Waals surface area contributed by atoms with Gasteiger partial charge in [-0.1, -0.05) is 13.0 Å². The van der Waals surface area contributed by atoms with Crippen LogP contribution in [0, 0.1) is 6.92 Å². The lowest BCUT2D eigenvalue weighted by atomic mass is 10.1. The average molecular weight is 318 g/mol. The number of hydrogen-bond donors (Lipinski definition) is 0. The van der Waals surface area contributed by atoms with Gasteiger partial charge in [-0.25, -0.2) is 8.42 Å². The summed E-state index contributed by atoms with van der Waals surface area (Å²) in [5, 5.41) is 0. The number of ether oxygens (including phenoxy) is 1. The van der Waals surface area contributed by atoms with Crippen molar-refractivity contribution >= 4 is 21.6 Å². The molecule has 0 saturated carbocycles. The minimum Gasteiger partial charge on any atom is -0.375 e. The first-order chi connectivity index (χ1) is 9.48. The van der Waals surface area contributed by atoms with Crippen molar-refractivity contribution in [1.82, 2.24) is 4.31 Å². The SMILES string of the molecule is CCC1CN(S(=O)(=O)c2ccc(C)c(CCl)c2)CCO1. The molecule has 0 aromatic heterocycles. The van der Waals surface area contributed by atoms with Gasteiger partial charge in [-0.05, 0) is 36.6 Å². The number of sulfonamides is 1. The molecule has 1 unspecified atom stereocenters.